The SMILES string of the molecule is COc1cccc(C(=O)Nc2ccc(C(=O)c3nccn3C)cc2)c1. The summed E-state index contributed by atoms with van der Waals surface area (Å²) in [5.41, 5.74) is 1.60. The summed E-state index contributed by atoms with van der Waals surface area (Å²) in [4.78, 5) is 28.7. The number of hydrogen-bond donors (Lipinski definition) is 1. The minimum absolute atomic E-state index is 0.168. The molecule has 25 heavy (non-hydrogen) atoms. The van der Waals surface area contributed by atoms with Gasteiger partial charge in [0.25, 0.3) is 5.91 Å². The fraction of sp³-hybridized carbons (Fsp3) is 0.105. The van der Waals surface area contributed by atoms with Crippen LogP contribution in [0.25, 0.3) is 0 Å². The van der Waals surface area contributed by atoms with Crippen LogP contribution < -0.4 is 10.1 Å². The van der Waals surface area contributed by atoms with Gasteiger partial charge in [-0.3, -0.25) is 9.59 Å². The van der Waals surface area contributed by atoms with Crippen molar-refractivity contribution >= 4 is 17.4 Å². The highest BCUT2D eigenvalue weighted by Gasteiger charge is 2.14. The molecule has 0 spiro atoms. The second-order valence-corrected chi connectivity index (χ2v) is 5.45. The number of nitrogens with one attached hydrogen (secondary N) is 1. The third-order valence-corrected chi connectivity index (χ3v) is 3.76. The number of amides is 1. The molecule has 0 fully saturated rings. The Morgan fingerprint density at radius 3 is 2.48 bits per heavy atom. The molecule has 0 aliphatic rings. The summed E-state index contributed by atoms with van der Waals surface area (Å²) < 4.78 is 6.78. The Hall–Kier alpha value is -3.41. The molecule has 1 heterocycles. The zero-order valence-electron chi connectivity index (χ0n) is 13.9. The summed E-state index contributed by atoms with van der Waals surface area (Å²) in [7, 11) is 3.32. The molecular weight excluding hydrogens is 318 g/mol. The number of nitrogens with zero attached hydrogens (tertiary/aromatic N) is 2. The second kappa shape index (κ2) is 7.00. The topological polar surface area (TPSA) is 73.2 Å². The Kier molecular flexibility index (Phi) is 4.61. The van der Waals surface area contributed by atoms with Gasteiger partial charge in [-0.2, -0.15) is 0 Å². The Balaban J connectivity index is 1.73. The highest BCUT2D eigenvalue weighted by atomic mass is 16.5. The predicted octanol–water partition coefficient (Wildman–Crippen LogP) is 2.91. The van der Waals surface area contributed by atoms with Gasteiger partial charge in [-0.15, -0.1) is 0 Å². The fourth-order valence-corrected chi connectivity index (χ4v) is 2.39. The lowest BCUT2D eigenvalue weighted by molar-refractivity contribution is 0.102. The van der Waals surface area contributed by atoms with Gasteiger partial charge in [-0.1, -0.05) is 6.07 Å². The lowest BCUT2D eigenvalue weighted by Gasteiger charge is -2.07. The van der Waals surface area contributed by atoms with Crippen LogP contribution >= 0.6 is 0 Å². The summed E-state index contributed by atoms with van der Waals surface area (Å²) in [5, 5.41) is 2.80. The van der Waals surface area contributed by atoms with Gasteiger partial charge in [0.15, 0.2) is 5.82 Å². The molecule has 2 aromatic carbocycles. The zero-order valence-corrected chi connectivity index (χ0v) is 13.9. The van der Waals surface area contributed by atoms with Crippen molar-refractivity contribution in [3.8, 4) is 5.75 Å². The van der Waals surface area contributed by atoms with E-state index in [1.807, 2.05) is 0 Å². The molecule has 0 bridgehead atoms. The molecule has 126 valence electrons. The molecule has 0 aliphatic carbocycles. The van der Waals surface area contributed by atoms with Crippen LogP contribution in [0.15, 0.2) is 60.9 Å². The van der Waals surface area contributed by atoms with Gasteiger partial charge >= 0.3 is 0 Å². The molecule has 6 heteroatoms. The Bertz CT molecular complexity index is 914. The molecule has 1 N–H and O–H groups in total. The number of benzene rings is 2. The number of ketones is 1. The summed E-state index contributed by atoms with van der Waals surface area (Å²) >= 11 is 0. The lowest BCUT2D eigenvalue weighted by atomic mass is 10.1. The molecule has 3 aromatic rings. The molecule has 0 atom stereocenters. The van der Waals surface area contributed by atoms with Crippen LogP contribution in [0.1, 0.15) is 26.5 Å². The number of carbonyl (C=O) groups excluding carboxylic acids is 2. The minimum atomic E-state index is -0.248. The van der Waals surface area contributed by atoms with Gasteiger partial charge in [-0.05, 0) is 42.5 Å². The van der Waals surface area contributed by atoms with Crippen LogP contribution in [-0.2, 0) is 7.05 Å². The number of ether oxygens (including phenoxy) is 1. The molecule has 1 amide bonds. The van der Waals surface area contributed by atoms with Crippen molar-refractivity contribution in [2.75, 3.05) is 12.4 Å². The quantitative estimate of drug-likeness (QED) is 0.728. The number of rotatable bonds is 5. The largest absolute Gasteiger partial charge is 0.497 e. The summed E-state index contributed by atoms with van der Waals surface area (Å²) in [5.74, 6) is 0.567. The first kappa shape index (κ1) is 16.4. The normalized spacial score (nSPS) is 10.3. The lowest BCUT2D eigenvalue weighted by Crippen LogP contribution is -2.12. The van der Waals surface area contributed by atoms with Crippen molar-refractivity contribution in [1.29, 1.82) is 0 Å². The van der Waals surface area contributed by atoms with Gasteiger partial charge in [0.2, 0.25) is 5.78 Å². The number of anilines is 1. The number of aryl methyl sites for hydroxylation is 1. The van der Waals surface area contributed by atoms with Crippen LogP contribution in [0.5, 0.6) is 5.75 Å². The third-order valence-electron chi connectivity index (χ3n) is 3.76. The average molecular weight is 335 g/mol. The first-order valence-corrected chi connectivity index (χ1v) is 7.66. The highest BCUT2D eigenvalue weighted by molar-refractivity contribution is 6.07. The van der Waals surface area contributed by atoms with Crippen molar-refractivity contribution in [2.45, 2.75) is 0 Å². The van der Waals surface area contributed by atoms with E-state index in [0.29, 0.717) is 28.4 Å². The van der Waals surface area contributed by atoms with Crippen molar-refractivity contribution in [1.82, 2.24) is 9.55 Å². The van der Waals surface area contributed by atoms with Crippen LogP contribution in [0, 0.1) is 0 Å². The maximum atomic E-state index is 12.4. The van der Waals surface area contributed by atoms with E-state index in [1.54, 1.807) is 79.6 Å². The smallest absolute Gasteiger partial charge is 0.255 e. The molecule has 6 nitrogen and oxygen atoms in total. The van der Waals surface area contributed by atoms with Crippen molar-refractivity contribution in [3.63, 3.8) is 0 Å². The Morgan fingerprint density at radius 1 is 1.08 bits per heavy atom. The molecule has 0 radical (unpaired) electrons. The van der Waals surface area contributed by atoms with Crippen LogP contribution in [0.3, 0.4) is 0 Å². The fourth-order valence-electron chi connectivity index (χ4n) is 2.39. The summed E-state index contributed by atoms with van der Waals surface area (Å²) in [6.07, 6.45) is 3.30. The average Bonchev–Trinajstić information content (AvgIpc) is 3.07. The van der Waals surface area contributed by atoms with E-state index in [-0.39, 0.29) is 11.7 Å². The molecule has 1 aromatic heterocycles. The van der Waals surface area contributed by atoms with Gasteiger partial charge in [0.05, 0.1) is 7.11 Å². The van der Waals surface area contributed by atoms with Gasteiger partial charge in [0.1, 0.15) is 5.75 Å². The third kappa shape index (κ3) is 3.58. The maximum absolute atomic E-state index is 12.4. The van der Waals surface area contributed by atoms with E-state index in [1.165, 1.54) is 0 Å². The van der Waals surface area contributed by atoms with Gasteiger partial charge in [0, 0.05) is 36.3 Å². The van der Waals surface area contributed by atoms with E-state index < -0.39 is 0 Å². The summed E-state index contributed by atoms with van der Waals surface area (Å²) in [6, 6.07) is 13.6. The van der Waals surface area contributed by atoms with E-state index in [2.05, 4.69) is 10.3 Å². The van der Waals surface area contributed by atoms with Gasteiger partial charge < -0.3 is 14.6 Å². The number of imidazole rings is 1. The molecule has 0 unspecified atom stereocenters. The predicted molar refractivity (Wildman–Crippen MR) is 94.0 cm³/mol. The Labute approximate surface area is 145 Å². The van der Waals surface area contributed by atoms with E-state index in [0.717, 1.165) is 0 Å². The molecule has 0 aliphatic heterocycles. The second-order valence-electron chi connectivity index (χ2n) is 5.45. The molecular formula is C19H17N3O3. The van der Waals surface area contributed by atoms with E-state index in [9.17, 15) is 9.59 Å². The minimum Gasteiger partial charge on any atom is -0.497 e. The zero-order chi connectivity index (χ0) is 17.8. The maximum Gasteiger partial charge on any atom is 0.255 e. The van der Waals surface area contributed by atoms with Crippen LogP contribution in [0.2, 0.25) is 0 Å². The highest BCUT2D eigenvalue weighted by Crippen LogP contribution is 2.16. The van der Waals surface area contributed by atoms with E-state index in [4.69, 9.17) is 4.74 Å². The molecule has 0 saturated carbocycles. The first-order valence-electron chi connectivity index (χ1n) is 7.66. The standard InChI is InChI=1S/C19H17N3O3/c1-22-11-10-20-18(22)17(23)13-6-8-15(9-7-13)21-19(24)14-4-3-5-16(12-14)25-2/h3-12H,1-2H3,(H,21,24). The van der Waals surface area contributed by atoms with E-state index >= 15 is 0 Å². The van der Waals surface area contributed by atoms with Crippen molar-refractivity contribution in [2.24, 2.45) is 7.05 Å². The molecule has 3 rings (SSSR count). The van der Waals surface area contributed by atoms with Crippen LogP contribution in [-0.4, -0.2) is 28.4 Å². The molecule has 0 saturated heterocycles. The summed E-state index contributed by atoms with van der Waals surface area (Å²) in [6.45, 7) is 0. The number of aromatic nitrogens is 2. The van der Waals surface area contributed by atoms with Crippen molar-refractivity contribution < 1.29 is 14.3 Å². The Morgan fingerprint density at radius 2 is 1.84 bits per heavy atom. The first-order chi connectivity index (χ1) is 12.1. The van der Waals surface area contributed by atoms with Crippen LogP contribution in [0.4, 0.5) is 5.69 Å². The monoisotopic (exact) mass is 335 g/mol. The number of hydrogen-bond acceptors (Lipinski definition) is 4. The number of carbonyl (C=O) groups is 2. The number of methoxy groups -OCH3 is 1. The van der Waals surface area contributed by atoms with Crippen molar-refractivity contribution in [3.05, 3.63) is 77.9 Å². The van der Waals surface area contributed by atoms with Gasteiger partial charge in [-0.25, -0.2) is 4.98 Å².